The summed E-state index contributed by atoms with van der Waals surface area (Å²) in [5, 5.41) is 6.02. The monoisotopic (exact) mass is 540 g/mol. The average Bonchev–Trinajstić information content (AvgIpc) is 2.95. The average molecular weight is 541 g/mol. The summed E-state index contributed by atoms with van der Waals surface area (Å²) in [7, 11) is 1.64. The van der Waals surface area contributed by atoms with E-state index in [1.165, 1.54) is 0 Å². The molecule has 7 heteroatoms. The smallest absolute Gasteiger partial charge is 0.281 e. The fourth-order valence-corrected chi connectivity index (χ4v) is 4.12. The summed E-state index contributed by atoms with van der Waals surface area (Å²) in [5.41, 5.74) is 4.26. The molecule has 0 aliphatic carbocycles. The number of hydrogen-bond donors (Lipinski definition) is 2. The number of carbonyl (C=O) groups is 2. The maximum Gasteiger partial charge on any atom is 0.281 e. The molecule has 0 aliphatic rings. The Hall–Kier alpha value is -2.74. The highest BCUT2D eigenvalue weighted by Crippen LogP contribution is 2.25. The van der Waals surface area contributed by atoms with Gasteiger partial charge in [-0.05, 0) is 43.7 Å². The van der Waals surface area contributed by atoms with Gasteiger partial charge in [-0.15, -0.1) is 0 Å². The van der Waals surface area contributed by atoms with Gasteiger partial charge in [0.15, 0.2) is 0 Å². The molecular weight excluding hydrogens is 492 g/mol. The predicted octanol–water partition coefficient (Wildman–Crippen LogP) is 5.61. The lowest BCUT2D eigenvalue weighted by Crippen LogP contribution is -2.58. The van der Waals surface area contributed by atoms with Crippen LogP contribution in [-0.2, 0) is 37.0 Å². The Balaban J connectivity index is 2.25. The Morgan fingerprint density at radius 2 is 1.49 bits per heavy atom. The van der Waals surface area contributed by atoms with Crippen molar-refractivity contribution in [2.45, 2.75) is 91.7 Å². The molecule has 2 rings (SSSR count). The lowest BCUT2D eigenvalue weighted by atomic mass is 9.97. The van der Waals surface area contributed by atoms with Crippen molar-refractivity contribution in [1.82, 2.24) is 10.6 Å². The fraction of sp³-hybridized carbons (Fsp3) is 0.562. The summed E-state index contributed by atoms with van der Waals surface area (Å²) in [6, 6.07) is 15.3. The van der Waals surface area contributed by atoms with Crippen LogP contribution in [0.4, 0.5) is 0 Å². The van der Waals surface area contributed by atoms with E-state index in [9.17, 15) is 9.59 Å². The first kappa shape index (κ1) is 32.5. The van der Waals surface area contributed by atoms with Gasteiger partial charge in [0.1, 0.15) is 6.04 Å². The Bertz CT molecular complexity index is 993. The minimum Gasteiger partial charge on any atom is -0.385 e. The molecule has 2 aromatic rings. The molecule has 0 fully saturated rings. The van der Waals surface area contributed by atoms with Gasteiger partial charge in [-0.25, -0.2) is 0 Å². The van der Waals surface area contributed by atoms with Crippen molar-refractivity contribution < 1.29 is 23.8 Å². The summed E-state index contributed by atoms with van der Waals surface area (Å²) >= 11 is 0. The second kappa shape index (κ2) is 17.1. The molecule has 3 unspecified atom stereocenters. The highest BCUT2D eigenvalue weighted by Gasteiger charge is 2.43. The number of unbranched alkanes of at least 4 members (excludes halogenated alkanes) is 1. The molecule has 2 N–H and O–H groups in total. The quantitative estimate of drug-likeness (QED) is 0.190. The van der Waals surface area contributed by atoms with E-state index in [0.717, 1.165) is 41.5 Å². The standard InChI is InChI=1S/C32H48N2O5/c1-7-9-19-32(38-21-10-20-37-6,39-23-28-17-13-25(4)14-18-28)31(36)34-29(26(5)8-2)30(35)33-22-27-15-11-24(3)12-16-27/h11-18,26,29H,7-10,19-23H2,1-6H3,(H,33,35)(H,34,36). The van der Waals surface area contributed by atoms with Gasteiger partial charge in [-0.1, -0.05) is 93.3 Å². The SMILES string of the molecule is CCCCC(OCCCOC)(OCc1ccc(C)cc1)C(=O)NC(C(=O)NCc1ccc(C)cc1)C(C)CC. The lowest BCUT2D eigenvalue weighted by molar-refractivity contribution is -0.241. The second-order valence-electron chi connectivity index (χ2n) is 10.4. The first-order valence-corrected chi connectivity index (χ1v) is 14.2. The van der Waals surface area contributed by atoms with Gasteiger partial charge in [-0.2, -0.15) is 0 Å². The van der Waals surface area contributed by atoms with Crippen LogP contribution in [0.2, 0.25) is 0 Å². The Morgan fingerprint density at radius 3 is 2.05 bits per heavy atom. The lowest BCUT2D eigenvalue weighted by Gasteiger charge is -2.35. The number of ether oxygens (including phenoxy) is 3. The van der Waals surface area contributed by atoms with Crippen LogP contribution in [-0.4, -0.2) is 44.0 Å². The van der Waals surface area contributed by atoms with Gasteiger partial charge >= 0.3 is 0 Å². The molecule has 7 nitrogen and oxygen atoms in total. The molecule has 2 amide bonds. The van der Waals surface area contributed by atoms with Crippen LogP contribution in [0.1, 0.15) is 75.1 Å². The van der Waals surface area contributed by atoms with Crippen LogP contribution < -0.4 is 10.6 Å². The number of rotatable bonds is 18. The van der Waals surface area contributed by atoms with Gasteiger partial charge in [0, 0.05) is 26.7 Å². The van der Waals surface area contributed by atoms with Crippen LogP contribution in [0.25, 0.3) is 0 Å². The second-order valence-corrected chi connectivity index (χ2v) is 10.4. The molecule has 0 saturated heterocycles. The maximum absolute atomic E-state index is 14.0. The first-order valence-electron chi connectivity index (χ1n) is 14.2. The molecule has 0 bridgehead atoms. The third-order valence-electron chi connectivity index (χ3n) is 7.00. The zero-order valence-corrected chi connectivity index (χ0v) is 24.7. The fourth-order valence-electron chi connectivity index (χ4n) is 4.12. The topological polar surface area (TPSA) is 85.9 Å². The van der Waals surface area contributed by atoms with E-state index in [-0.39, 0.29) is 18.4 Å². The number of nitrogens with one attached hydrogen (secondary N) is 2. The van der Waals surface area contributed by atoms with Crippen molar-refractivity contribution in [3.8, 4) is 0 Å². The Morgan fingerprint density at radius 1 is 0.872 bits per heavy atom. The largest absolute Gasteiger partial charge is 0.385 e. The summed E-state index contributed by atoms with van der Waals surface area (Å²) < 4.78 is 17.7. The summed E-state index contributed by atoms with van der Waals surface area (Å²) in [6.07, 6.45) is 3.34. The van der Waals surface area contributed by atoms with Gasteiger partial charge < -0.3 is 24.8 Å². The van der Waals surface area contributed by atoms with Gasteiger partial charge in [-0.3, -0.25) is 9.59 Å². The van der Waals surface area contributed by atoms with Gasteiger partial charge in [0.05, 0.1) is 13.2 Å². The van der Waals surface area contributed by atoms with E-state index in [1.54, 1.807) is 7.11 Å². The number of benzene rings is 2. The zero-order chi connectivity index (χ0) is 28.7. The predicted molar refractivity (Wildman–Crippen MR) is 155 cm³/mol. The molecule has 216 valence electrons. The third-order valence-corrected chi connectivity index (χ3v) is 7.00. The molecule has 0 radical (unpaired) electrons. The first-order chi connectivity index (χ1) is 18.7. The number of hydrogen-bond acceptors (Lipinski definition) is 5. The van der Waals surface area contributed by atoms with E-state index in [1.807, 2.05) is 76.2 Å². The molecule has 0 spiro atoms. The van der Waals surface area contributed by atoms with E-state index in [4.69, 9.17) is 14.2 Å². The molecule has 39 heavy (non-hydrogen) atoms. The molecule has 0 aromatic heterocycles. The summed E-state index contributed by atoms with van der Waals surface area (Å²) in [4.78, 5) is 27.3. The van der Waals surface area contributed by atoms with Crippen LogP contribution >= 0.6 is 0 Å². The zero-order valence-electron chi connectivity index (χ0n) is 24.7. The summed E-state index contributed by atoms with van der Waals surface area (Å²) in [5.74, 6) is -2.24. The minimum absolute atomic E-state index is 0.0820. The summed E-state index contributed by atoms with van der Waals surface area (Å²) in [6.45, 7) is 11.5. The molecule has 0 aliphatic heterocycles. The number of amides is 2. The molecule has 0 saturated carbocycles. The number of aryl methyl sites for hydroxylation is 2. The van der Waals surface area contributed by atoms with Crippen LogP contribution in [0.15, 0.2) is 48.5 Å². The highest BCUT2D eigenvalue weighted by atomic mass is 16.7. The van der Waals surface area contributed by atoms with E-state index < -0.39 is 17.7 Å². The van der Waals surface area contributed by atoms with Crippen molar-refractivity contribution in [2.75, 3.05) is 20.3 Å². The van der Waals surface area contributed by atoms with Gasteiger partial charge in [0.2, 0.25) is 11.7 Å². The van der Waals surface area contributed by atoms with E-state index in [2.05, 4.69) is 17.6 Å². The van der Waals surface area contributed by atoms with Crippen molar-refractivity contribution >= 4 is 11.8 Å². The normalized spacial score (nSPS) is 14.3. The minimum atomic E-state index is -1.52. The maximum atomic E-state index is 14.0. The Labute approximate surface area is 235 Å². The van der Waals surface area contributed by atoms with Crippen molar-refractivity contribution in [3.05, 3.63) is 70.8 Å². The molecular formula is C32H48N2O5. The van der Waals surface area contributed by atoms with Crippen LogP contribution in [0, 0.1) is 19.8 Å². The molecule has 3 atom stereocenters. The van der Waals surface area contributed by atoms with E-state index in [0.29, 0.717) is 32.6 Å². The van der Waals surface area contributed by atoms with Crippen LogP contribution in [0.3, 0.4) is 0 Å². The van der Waals surface area contributed by atoms with Crippen LogP contribution in [0.5, 0.6) is 0 Å². The van der Waals surface area contributed by atoms with E-state index >= 15 is 0 Å². The van der Waals surface area contributed by atoms with Crippen molar-refractivity contribution in [1.29, 1.82) is 0 Å². The number of carbonyl (C=O) groups excluding carboxylic acids is 2. The Kier molecular flexibility index (Phi) is 14.2. The van der Waals surface area contributed by atoms with Gasteiger partial charge in [0.25, 0.3) is 5.91 Å². The third kappa shape index (κ3) is 10.7. The van der Waals surface area contributed by atoms with Crippen molar-refractivity contribution in [3.63, 3.8) is 0 Å². The highest BCUT2D eigenvalue weighted by molar-refractivity contribution is 5.91. The number of methoxy groups -OCH3 is 1. The van der Waals surface area contributed by atoms with Crippen molar-refractivity contribution in [2.24, 2.45) is 5.92 Å². The molecule has 2 aromatic carbocycles. The molecule has 0 heterocycles.